The fourth-order valence-electron chi connectivity index (χ4n) is 2.13. The molecule has 18 heavy (non-hydrogen) atoms. The number of aryl methyl sites for hydroxylation is 1. The van der Waals surface area contributed by atoms with Crippen LogP contribution < -0.4 is 4.90 Å². The van der Waals surface area contributed by atoms with E-state index in [2.05, 4.69) is 21.0 Å². The maximum atomic E-state index is 11.9. The summed E-state index contributed by atoms with van der Waals surface area (Å²) in [4.78, 5) is 21.7. The van der Waals surface area contributed by atoms with Gasteiger partial charge >= 0.3 is 0 Å². The van der Waals surface area contributed by atoms with Crippen LogP contribution in [-0.2, 0) is 4.79 Å². The number of rotatable bonds is 1. The molecular formula is C12H10N4O2. The molecule has 6 nitrogen and oxygen atoms in total. The molecule has 1 aliphatic rings. The molecule has 0 N–H and O–H groups in total. The summed E-state index contributed by atoms with van der Waals surface area (Å²) < 4.78 is 5.06. The molecule has 0 aromatic carbocycles. The van der Waals surface area contributed by atoms with Crippen molar-refractivity contribution in [3.63, 3.8) is 0 Å². The van der Waals surface area contributed by atoms with E-state index in [1.54, 1.807) is 11.8 Å². The Morgan fingerprint density at radius 3 is 3.11 bits per heavy atom. The Morgan fingerprint density at radius 2 is 2.39 bits per heavy atom. The molecule has 1 saturated heterocycles. The minimum Gasteiger partial charge on any atom is -0.335 e. The van der Waals surface area contributed by atoms with Gasteiger partial charge in [-0.1, -0.05) is 5.16 Å². The van der Waals surface area contributed by atoms with Gasteiger partial charge in [0.1, 0.15) is 11.7 Å². The first kappa shape index (κ1) is 10.7. The smallest absolute Gasteiger partial charge is 0.263 e. The number of anilines is 1. The fraction of sp³-hybridized carbons (Fsp3) is 0.333. The van der Waals surface area contributed by atoms with Gasteiger partial charge in [0.2, 0.25) is 5.91 Å². The molecular weight excluding hydrogens is 232 g/mol. The van der Waals surface area contributed by atoms with Gasteiger partial charge in [0.05, 0.1) is 5.69 Å². The molecule has 0 saturated carbocycles. The second kappa shape index (κ2) is 3.81. The fourth-order valence-corrected chi connectivity index (χ4v) is 2.13. The molecule has 1 atom stereocenters. The summed E-state index contributed by atoms with van der Waals surface area (Å²) in [5, 5.41) is 4.51. The van der Waals surface area contributed by atoms with Gasteiger partial charge in [-0.3, -0.25) is 9.69 Å². The van der Waals surface area contributed by atoms with E-state index in [1.807, 2.05) is 0 Å². The number of carbonyl (C=O) groups is 1. The standard InChI is InChI=1S/C12H10N4O2/c1-3-8-4-9(17)16(5-8)11-10-7(2)15-18-12(10)14-6-13-11/h1,6,8H,4-5H2,2H3. The van der Waals surface area contributed by atoms with Crippen molar-refractivity contribution in [1.29, 1.82) is 0 Å². The zero-order chi connectivity index (χ0) is 12.7. The predicted molar refractivity (Wildman–Crippen MR) is 63.6 cm³/mol. The minimum atomic E-state index is -0.0670. The van der Waals surface area contributed by atoms with E-state index in [9.17, 15) is 4.79 Å². The summed E-state index contributed by atoms with van der Waals surface area (Å²) >= 11 is 0. The van der Waals surface area contributed by atoms with E-state index in [-0.39, 0.29) is 11.8 Å². The van der Waals surface area contributed by atoms with Crippen LogP contribution in [0.2, 0.25) is 0 Å². The molecule has 0 bridgehead atoms. The number of aromatic nitrogens is 3. The van der Waals surface area contributed by atoms with E-state index in [1.165, 1.54) is 6.33 Å². The van der Waals surface area contributed by atoms with Gasteiger partial charge in [-0.25, -0.2) is 4.98 Å². The minimum absolute atomic E-state index is 0.0291. The molecule has 2 aromatic rings. The van der Waals surface area contributed by atoms with Crippen LogP contribution in [0.25, 0.3) is 11.1 Å². The molecule has 90 valence electrons. The second-order valence-electron chi connectivity index (χ2n) is 4.22. The molecule has 3 heterocycles. The summed E-state index contributed by atoms with van der Waals surface area (Å²) in [6.07, 6.45) is 7.08. The summed E-state index contributed by atoms with van der Waals surface area (Å²) in [5.74, 6) is 3.04. The number of hydrogen-bond donors (Lipinski definition) is 0. The van der Waals surface area contributed by atoms with Crippen molar-refractivity contribution < 1.29 is 9.32 Å². The maximum absolute atomic E-state index is 11.9. The lowest BCUT2D eigenvalue weighted by Gasteiger charge is -2.14. The van der Waals surface area contributed by atoms with Gasteiger partial charge in [-0.2, -0.15) is 4.98 Å². The number of amides is 1. The van der Waals surface area contributed by atoms with Crippen LogP contribution in [0.4, 0.5) is 5.82 Å². The third-order valence-electron chi connectivity index (χ3n) is 3.04. The Balaban J connectivity index is 2.13. The normalized spacial score (nSPS) is 19.4. The summed E-state index contributed by atoms with van der Waals surface area (Å²) in [6, 6.07) is 0. The lowest BCUT2D eigenvalue weighted by molar-refractivity contribution is -0.117. The first-order chi connectivity index (χ1) is 8.70. The van der Waals surface area contributed by atoms with Crippen LogP contribution in [0.5, 0.6) is 0 Å². The average Bonchev–Trinajstić information content (AvgIpc) is 2.93. The van der Waals surface area contributed by atoms with Crippen LogP contribution >= 0.6 is 0 Å². The molecule has 6 heteroatoms. The van der Waals surface area contributed by atoms with Gasteiger partial charge in [0.25, 0.3) is 5.71 Å². The molecule has 0 radical (unpaired) electrons. The molecule has 0 aliphatic carbocycles. The Labute approximate surface area is 103 Å². The molecule has 0 spiro atoms. The quantitative estimate of drug-likeness (QED) is 0.695. The third kappa shape index (κ3) is 1.44. The van der Waals surface area contributed by atoms with Crippen LogP contribution in [0.1, 0.15) is 12.1 Å². The molecule has 1 unspecified atom stereocenters. The van der Waals surface area contributed by atoms with Crippen molar-refractivity contribution in [2.24, 2.45) is 5.92 Å². The second-order valence-corrected chi connectivity index (χ2v) is 4.22. The van der Waals surface area contributed by atoms with Crippen LogP contribution in [0.15, 0.2) is 10.9 Å². The largest absolute Gasteiger partial charge is 0.335 e. The van der Waals surface area contributed by atoms with E-state index < -0.39 is 0 Å². The van der Waals surface area contributed by atoms with Crippen molar-refractivity contribution in [1.82, 2.24) is 15.1 Å². The summed E-state index contributed by atoms with van der Waals surface area (Å²) in [5.41, 5.74) is 1.05. The predicted octanol–water partition coefficient (Wildman–Crippen LogP) is 0.912. The zero-order valence-corrected chi connectivity index (χ0v) is 9.75. The summed E-state index contributed by atoms with van der Waals surface area (Å²) in [7, 11) is 0. The lowest BCUT2D eigenvalue weighted by atomic mass is 10.1. The van der Waals surface area contributed by atoms with Gasteiger partial charge in [0.15, 0.2) is 5.82 Å². The highest BCUT2D eigenvalue weighted by molar-refractivity contribution is 6.02. The molecule has 1 fully saturated rings. The number of terminal acetylenes is 1. The number of carbonyl (C=O) groups excluding carboxylic acids is 1. The van der Waals surface area contributed by atoms with Crippen LogP contribution in [0, 0.1) is 25.2 Å². The highest BCUT2D eigenvalue weighted by Crippen LogP contribution is 2.30. The zero-order valence-electron chi connectivity index (χ0n) is 9.75. The van der Waals surface area contributed by atoms with Crippen LogP contribution in [-0.4, -0.2) is 27.6 Å². The topological polar surface area (TPSA) is 72.1 Å². The maximum Gasteiger partial charge on any atom is 0.263 e. The molecule has 3 rings (SSSR count). The van der Waals surface area contributed by atoms with Crippen molar-refractivity contribution in [2.75, 3.05) is 11.4 Å². The van der Waals surface area contributed by atoms with Gasteiger partial charge in [-0.15, -0.1) is 12.3 Å². The Hall–Kier alpha value is -2.42. The molecule has 1 amide bonds. The van der Waals surface area contributed by atoms with Crippen molar-refractivity contribution in [3.05, 3.63) is 12.0 Å². The Kier molecular flexibility index (Phi) is 2.27. The van der Waals surface area contributed by atoms with E-state index in [0.717, 1.165) is 0 Å². The van der Waals surface area contributed by atoms with Crippen molar-refractivity contribution >= 4 is 22.8 Å². The summed E-state index contributed by atoms with van der Waals surface area (Å²) in [6.45, 7) is 2.27. The van der Waals surface area contributed by atoms with Gasteiger partial charge in [-0.05, 0) is 6.92 Å². The number of fused-ring (bicyclic) bond motifs is 1. The van der Waals surface area contributed by atoms with Gasteiger partial charge < -0.3 is 4.52 Å². The Morgan fingerprint density at radius 1 is 1.56 bits per heavy atom. The average molecular weight is 242 g/mol. The van der Waals surface area contributed by atoms with Gasteiger partial charge in [0, 0.05) is 18.9 Å². The molecule has 1 aliphatic heterocycles. The third-order valence-corrected chi connectivity index (χ3v) is 3.04. The lowest BCUT2D eigenvalue weighted by Crippen LogP contribution is -2.25. The van der Waals surface area contributed by atoms with E-state index in [0.29, 0.717) is 35.6 Å². The van der Waals surface area contributed by atoms with Crippen molar-refractivity contribution in [2.45, 2.75) is 13.3 Å². The monoisotopic (exact) mass is 242 g/mol. The first-order valence-electron chi connectivity index (χ1n) is 5.54. The van der Waals surface area contributed by atoms with E-state index >= 15 is 0 Å². The highest BCUT2D eigenvalue weighted by atomic mass is 16.5. The van der Waals surface area contributed by atoms with E-state index in [4.69, 9.17) is 10.9 Å². The highest BCUT2D eigenvalue weighted by Gasteiger charge is 2.32. The molecule has 2 aromatic heterocycles. The SMILES string of the molecule is C#CC1CC(=O)N(c2ncnc3onc(C)c23)C1. The number of hydrogen-bond acceptors (Lipinski definition) is 5. The first-order valence-corrected chi connectivity index (χ1v) is 5.54. The van der Waals surface area contributed by atoms with Crippen LogP contribution in [0.3, 0.4) is 0 Å². The number of nitrogens with zero attached hydrogens (tertiary/aromatic N) is 4. The Bertz CT molecular complexity index is 670. The van der Waals surface area contributed by atoms with Crippen molar-refractivity contribution in [3.8, 4) is 12.3 Å².